The van der Waals surface area contributed by atoms with Gasteiger partial charge in [0.25, 0.3) is 5.91 Å². The lowest BCUT2D eigenvalue weighted by atomic mass is 10.1. The molecule has 7 heteroatoms. The Kier molecular flexibility index (Phi) is 3.61. The second-order valence-corrected chi connectivity index (χ2v) is 4.50. The zero-order valence-corrected chi connectivity index (χ0v) is 12.1. The van der Waals surface area contributed by atoms with Crippen molar-refractivity contribution in [2.45, 2.75) is 0 Å². The summed E-state index contributed by atoms with van der Waals surface area (Å²) in [7, 11) is 3.06. The largest absolute Gasteiger partial charge is 0.497 e. The van der Waals surface area contributed by atoms with E-state index in [0.29, 0.717) is 28.4 Å². The maximum atomic E-state index is 12.4. The highest BCUT2D eigenvalue weighted by atomic mass is 16.5. The molecule has 0 aliphatic rings. The van der Waals surface area contributed by atoms with E-state index in [1.807, 2.05) is 0 Å². The van der Waals surface area contributed by atoms with Gasteiger partial charge in [0.2, 0.25) is 0 Å². The third-order valence-corrected chi connectivity index (χ3v) is 3.16. The fourth-order valence-corrected chi connectivity index (χ4v) is 2.06. The summed E-state index contributed by atoms with van der Waals surface area (Å²) in [6, 6.07) is 6.78. The number of hydrogen-bond acceptors (Lipinski definition) is 5. The highest BCUT2D eigenvalue weighted by Crippen LogP contribution is 2.25. The highest BCUT2D eigenvalue weighted by Gasteiger charge is 2.14. The third kappa shape index (κ3) is 2.56. The summed E-state index contributed by atoms with van der Waals surface area (Å²) >= 11 is 0. The van der Waals surface area contributed by atoms with Crippen LogP contribution in [0, 0.1) is 0 Å². The lowest BCUT2D eigenvalue weighted by Crippen LogP contribution is -2.14. The molecule has 22 heavy (non-hydrogen) atoms. The van der Waals surface area contributed by atoms with E-state index in [1.165, 1.54) is 7.11 Å². The van der Waals surface area contributed by atoms with Crippen LogP contribution in [-0.4, -0.2) is 34.7 Å². The van der Waals surface area contributed by atoms with Gasteiger partial charge in [0.05, 0.1) is 44.1 Å². The predicted octanol–water partition coefficient (Wildman–Crippen LogP) is 2.00. The molecule has 0 saturated carbocycles. The number of rotatable bonds is 4. The summed E-state index contributed by atoms with van der Waals surface area (Å²) in [5, 5.41) is 6.85. The number of methoxy groups -OCH3 is 2. The van der Waals surface area contributed by atoms with Crippen LogP contribution in [0.2, 0.25) is 0 Å². The summed E-state index contributed by atoms with van der Waals surface area (Å²) < 4.78 is 11.9. The second-order valence-electron chi connectivity index (χ2n) is 4.50. The second kappa shape index (κ2) is 5.72. The SMILES string of the molecule is COc1ccc(C(=O)Nc2cnc3ccnn3c2)c(OC)c1. The summed E-state index contributed by atoms with van der Waals surface area (Å²) in [4.78, 5) is 16.6. The Balaban J connectivity index is 1.87. The molecule has 2 heterocycles. The molecule has 1 amide bonds. The van der Waals surface area contributed by atoms with Gasteiger partial charge in [0.15, 0.2) is 5.65 Å². The van der Waals surface area contributed by atoms with Crippen LogP contribution in [0.3, 0.4) is 0 Å². The van der Waals surface area contributed by atoms with Gasteiger partial charge in [0.1, 0.15) is 11.5 Å². The average Bonchev–Trinajstić information content (AvgIpc) is 3.01. The minimum atomic E-state index is -0.298. The Hall–Kier alpha value is -3.09. The third-order valence-electron chi connectivity index (χ3n) is 3.16. The number of nitrogens with one attached hydrogen (secondary N) is 1. The molecule has 1 aromatic carbocycles. The molecule has 0 aliphatic heterocycles. The highest BCUT2D eigenvalue weighted by molar-refractivity contribution is 6.06. The summed E-state index contributed by atoms with van der Waals surface area (Å²) in [6.07, 6.45) is 4.90. The first-order chi connectivity index (χ1) is 10.7. The molecule has 7 nitrogen and oxygen atoms in total. The van der Waals surface area contributed by atoms with Gasteiger partial charge in [-0.1, -0.05) is 0 Å². The zero-order valence-electron chi connectivity index (χ0n) is 12.1. The summed E-state index contributed by atoms with van der Waals surface area (Å²) in [5.41, 5.74) is 1.66. The standard InChI is InChI=1S/C15H14N4O3/c1-21-11-3-4-12(13(7-11)22-2)15(20)18-10-8-16-14-5-6-17-19(14)9-10/h3-9H,1-2H3,(H,18,20). The van der Waals surface area contributed by atoms with Crippen LogP contribution in [0.4, 0.5) is 5.69 Å². The molecule has 3 aromatic rings. The summed E-state index contributed by atoms with van der Waals surface area (Å²) in [6.45, 7) is 0. The van der Waals surface area contributed by atoms with Crippen molar-refractivity contribution >= 4 is 17.2 Å². The van der Waals surface area contributed by atoms with E-state index in [0.717, 1.165) is 0 Å². The van der Waals surface area contributed by atoms with Gasteiger partial charge < -0.3 is 14.8 Å². The topological polar surface area (TPSA) is 77.8 Å². The van der Waals surface area contributed by atoms with E-state index in [1.54, 1.807) is 54.5 Å². The number of carbonyl (C=O) groups is 1. The van der Waals surface area contributed by atoms with Crippen LogP contribution in [0.5, 0.6) is 11.5 Å². The number of hydrogen-bond donors (Lipinski definition) is 1. The van der Waals surface area contributed by atoms with Crippen molar-refractivity contribution in [3.8, 4) is 11.5 Å². The maximum Gasteiger partial charge on any atom is 0.259 e. The van der Waals surface area contributed by atoms with Gasteiger partial charge in [-0.15, -0.1) is 0 Å². The van der Waals surface area contributed by atoms with Crippen LogP contribution in [0.15, 0.2) is 42.9 Å². The fourth-order valence-electron chi connectivity index (χ4n) is 2.06. The Labute approximate surface area is 126 Å². The zero-order chi connectivity index (χ0) is 15.5. The maximum absolute atomic E-state index is 12.4. The molecule has 0 unspecified atom stereocenters. The molecule has 3 rings (SSSR count). The van der Waals surface area contributed by atoms with Gasteiger partial charge in [-0.05, 0) is 12.1 Å². The monoisotopic (exact) mass is 298 g/mol. The number of ether oxygens (including phenoxy) is 2. The van der Waals surface area contributed by atoms with Crippen molar-refractivity contribution in [3.05, 3.63) is 48.4 Å². The van der Waals surface area contributed by atoms with E-state index >= 15 is 0 Å². The van der Waals surface area contributed by atoms with Crippen LogP contribution in [0.25, 0.3) is 5.65 Å². The Morgan fingerprint density at radius 3 is 2.86 bits per heavy atom. The lowest BCUT2D eigenvalue weighted by Gasteiger charge is -2.10. The molecule has 112 valence electrons. The number of carbonyl (C=O) groups excluding carboxylic acids is 1. The van der Waals surface area contributed by atoms with Gasteiger partial charge in [-0.2, -0.15) is 5.10 Å². The van der Waals surface area contributed by atoms with Crippen molar-refractivity contribution in [1.82, 2.24) is 14.6 Å². The van der Waals surface area contributed by atoms with Crippen LogP contribution in [-0.2, 0) is 0 Å². The predicted molar refractivity (Wildman–Crippen MR) is 80.5 cm³/mol. The van der Waals surface area contributed by atoms with Crippen LogP contribution in [0.1, 0.15) is 10.4 Å². The summed E-state index contributed by atoms with van der Waals surface area (Å²) in [5.74, 6) is 0.755. The molecular weight excluding hydrogens is 284 g/mol. The van der Waals surface area contributed by atoms with Crippen molar-refractivity contribution in [2.24, 2.45) is 0 Å². The van der Waals surface area contributed by atoms with Gasteiger partial charge in [-0.25, -0.2) is 9.50 Å². The first-order valence-electron chi connectivity index (χ1n) is 6.54. The Bertz CT molecular complexity index is 829. The smallest absolute Gasteiger partial charge is 0.259 e. The molecular formula is C15H14N4O3. The quantitative estimate of drug-likeness (QED) is 0.797. The van der Waals surface area contributed by atoms with Crippen molar-refractivity contribution < 1.29 is 14.3 Å². The van der Waals surface area contributed by atoms with Gasteiger partial charge >= 0.3 is 0 Å². The Morgan fingerprint density at radius 1 is 1.23 bits per heavy atom. The van der Waals surface area contributed by atoms with Crippen molar-refractivity contribution in [3.63, 3.8) is 0 Å². The first-order valence-corrected chi connectivity index (χ1v) is 6.54. The number of anilines is 1. The van der Waals surface area contributed by atoms with E-state index < -0.39 is 0 Å². The number of benzene rings is 1. The molecule has 2 aromatic heterocycles. The molecule has 0 fully saturated rings. The van der Waals surface area contributed by atoms with Gasteiger partial charge in [0, 0.05) is 12.1 Å². The van der Waals surface area contributed by atoms with Crippen molar-refractivity contribution in [1.29, 1.82) is 0 Å². The number of nitrogens with zero attached hydrogens (tertiary/aromatic N) is 3. The lowest BCUT2D eigenvalue weighted by molar-refractivity contribution is 0.102. The molecule has 0 radical (unpaired) electrons. The molecule has 0 saturated heterocycles. The van der Waals surface area contributed by atoms with Crippen molar-refractivity contribution in [2.75, 3.05) is 19.5 Å². The van der Waals surface area contributed by atoms with E-state index in [2.05, 4.69) is 15.4 Å². The molecule has 0 spiro atoms. The van der Waals surface area contributed by atoms with Gasteiger partial charge in [-0.3, -0.25) is 4.79 Å². The number of amides is 1. The average molecular weight is 298 g/mol. The van der Waals surface area contributed by atoms with E-state index in [9.17, 15) is 4.79 Å². The molecule has 1 N–H and O–H groups in total. The number of fused-ring (bicyclic) bond motifs is 1. The fraction of sp³-hybridized carbons (Fsp3) is 0.133. The van der Waals surface area contributed by atoms with E-state index in [-0.39, 0.29) is 5.91 Å². The minimum absolute atomic E-state index is 0.298. The molecule has 0 bridgehead atoms. The first kappa shape index (κ1) is 13.9. The Morgan fingerprint density at radius 2 is 2.09 bits per heavy atom. The van der Waals surface area contributed by atoms with Crippen LogP contribution < -0.4 is 14.8 Å². The van der Waals surface area contributed by atoms with Crippen LogP contribution >= 0.6 is 0 Å². The number of aromatic nitrogens is 3. The normalized spacial score (nSPS) is 10.5. The minimum Gasteiger partial charge on any atom is -0.497 e. The molecule has 0 aliphatic carbocycles. The molecule has 0 atom stereocenters. The van der Waals surface area contributed by atoms with E-state index in [4.69, 9.17) is 9.47 Å².